The number of thiophene rings is 1. The first kappa shape index (κ1) is 14.6. The topological polar surface area (TPSA) is 12.0 Å². The Bertz CT molecular complexity index is 391. The van der Waals surface area contributed by atoms with Gasteiger partial charge in [0.2, 0.25) is 0 Å². The summed E-state index contributed by atoms with van der Waals surface area (Å²) in [5, 5.41) is 3.68. The molecule has 4 heteroatoms. The monoisotopic (exact) mass is 305 g/mol. The molecule has 0 saturated heterocycles. The molecule has 2 rings (SSSR count). The highest BCUT2D eigenvalue weighted by Gasteiger charge is 2.33. The molecule has 0 aliphatic heterocycles. The van der Waals surface area contributed by atoms with Crippen molar-refractivity contribution in [3.63, 3.8) is 0 Å². The fourth-order valence-corrected chi connectivity index (χ4v) is 4.58. The molecule has 1 aromatic rings. The lowest BCUT2D eigenvalue weighted by Crippen LogP contribution is -2.30. The van der Waals surface area contributed by atoms with E-state index in [1.807, 2.05) is 6.07 Å². The first-order valence-corrected chi connectivity index (χ1v) is 8.38. The van der Waals surface area contributed by atoms with Gasteiger partial charge in [-0.15, -0.1) is 11.3 Å². The number of rotatable bonds is 5. The van der Waals surface area contributed by atoms with Gasteiger partial charge in [0.15, 0.2) is 0 Å². The zero-order chi connectivity index (χ0) is 13.1. The maximum atomic E-state index is 6.34. The molecule has 3 atom stereocenters. The second-order valence-electron chi connectivity index (χ2n) is 5.28. The van der Waals surface area contributed by atoms with Crippen molar-refractivity contribution in [3.05, 3.63) is 20.3 Å². The van der Waals surface area contributed by atoms with Crippen molar-refractivity contribution in [3.8, 4) is 0 Å². The summed E-state index contributed by atoms with van der Waals surface area (Å²) < 4.78 is 1.65. The Hall–Kier alpha value is 0.240. The minimum Gasteiger partial charge on any atom is -0.310 e. The molecule has 0 spiro atoms. The van der Waals surface area contributed by atoms with Gasteiger partial charge in [-0.2, -0.15) is 0 Å². The summed E-state index contributed by atoms with van der Waals surface area (Å²) in [6.45, 7) is 5.60. The van der Waals surface area contributed by atoms with Crippen LogP contribution < -0.4 is 5.32 Å². The van der Waals surface area contributed by atoms with Crippen molar-refractivity contribution in [2.24, 2.45) is 11.8 Å². The largest absolute Gasteiger partial charge is 0.310 e. The molecule has 1 nitrogen and oxygen atoms in total. The standard InChI is InChI=1S/C14H21Cl2NS/c1-3-7-17-13(10-6-4-5-9(10)2)11-8-12(15)18-14(11)16/h8-10,13,17H,3-7H2,1-2H3. The van der Waals surface area contributed by atoms with Crippen LogP contribution in [0.1, 0.15) is 51.1 Å². The SMILES string of the molecule is CCCNC(c1cc(Cl)sc1Cl)C1CCCC1C. The van der Waals surface area contributed by atoms with Crippen molar-refractivity contribution in [2.75, 3.05) is 6.54 Å². The first-order valence-electron chi connectivity index (χ1n) is 6.81. The van der Waals surface area contributed by atoms with Gasteiger partial charge in [-0.25, -0.2) is 0 Å². The fraction of sp³-hybridized carbons (Fsp3) is 0.714. The molecule has 1 aromatic heterocycles. The quantitative estimate of drug-likeness (QED) is 0.754. The van der Waals surface area contributed by atoms with Gasteiger partial charge in [0.1, 0.15) is 0 Å². The summed E-state index contributed by atoms with van der Waals surface area (Å²) in [7, 11) is 0. The Kier molecular flexibility index (Phi) is 5.37. The van der Waals surface area contributed by atoms with E-state index >= 15 is 0 Å². The number of halogens is 2. The highest BCUT2D eigenvalue weighted by atomic mass is 35.5. The van der Waals surface area contributed by atoms with Crippen LogP contribution >= 0.6 is 34.5 Å². The van der Waals surface area contributed by atoms with Crippen LogP contribution in [0.15, 0.2) is 6.07 Å². The Labute approximate surface area is 124 Å². The van der Waals surface area contributed by atoms with Gasteiger partial charge in [0.25, 0.3) is 0 Å². The van der Waals surface area contributed by atoms with Crippen LogP contribution in [0.25, 0.3) is 0 Å². The average molecular weight is 306 g/mol. The summed E-state index contributed by atoms with van der Waals surface area (Å²) in [6, 6.07) is 2.42. The molecule has 3 unspecified atom stereocenters. The zero-order valence-electron chi connectivity index (χ0n) is 11.0. The predicted molar refractivity (Wildman–Crippen MR) is 81.9 cm³/mol. The van der Waals surface area contributed by atoms with E-state index < -0.39 is 0 Å². The van der Waals surface area contributed by atoms with E-state index in [1.54, 1.807) is 0 Å². The molecule has 1 fully saturated rings. The molecule has 1 aliphatic carbocycles. The summed E-state index contributed by atoms with van der Waals surface area (Å²) >= 11 is 13.9. The third-order valence-electron chi connectivity index (χ3n) is 3.99. The van der Waals surface area contributed by atoms with Crippen molar-refractivity contribution in [2.45, 2.75) is 45.6 Å². The lowest BCUT2D eigenvalue weighted by atomic mass is 9.87. The predicted octanol–water partition coefficient (Wildman–Crippen LogP) is 5.53. The van der Waals surface area contributed by atoms with Gasteiger partial charge in [-0.05, 0) is 37.3 Å². The van der Waals surface area contributed by atoms with Crippen molar-refractivity contribution in [1.82, 2.24) is 5.32 Å². The van der Waals surface area contributed by atoms with E-state index in [2.05, 4.69) is 19.2 Å². The van der Waals surface area contributed by atoms with Crippen molar-refractivity contribution < 1.29 is 0 Å². The third-order valence-corrected chi connectivity index (χ3v) is 5.51. The minimum absolute atomic E-state index is 0.374. The number of hydrogen-bond acceptors (Lipinski definition) is 2. The van der Waals surface area contributed by atoms with E-state index in [1.165, 1.54) is 36.2 Å². The van der Waals surface area contributed by atoms with Gasteiger partial charge in [-0.3, -0.25) is 0 Å². The lowest BCUT2D eigenvalue weighted by Gasteiger charge is -2.28. The van der Waals surface area contributed by atoms with Crippen LogP contribution in [0, 0.1) is 11.8 Å². The van der Waals surface area contributed by atoms with Crippen LogP contribution in [0.4, 0.5) is 0 Å². The zero-order valence-corrected chi connectivity index (χ0v) is 13.3. The van der Waals surface area contributed by atoms with E-state index in [0.717, 1.165) is 27.6 Å². The number of hydrogen-bond donors (Lipinski definition) is 1. The average Bonchev–Trinajstić information content (AvgIpc) is 2.87. The van der Waals surface area contributed by atoms with E-state index in [9.17, 15) is 0 Å². The molecule has 1 saturated carbocycles. The van der Waals surface area contributed by atoms with Gasteiger partial charge in [-0.1, -0.05) is 49.9 Å². The third kappa shape index (κ3) is 3.22. The van der Waals surface area contributed by atoms with Crippen molar-refractivity contribution >= 4 is 34.5 Å². The van der Waals surface area contributed by atoms with Gasteiger partial charge >= 0.3 is 0 Å². The highest BCUT2D eigenvalue weighted by molar-refractivity contribution is 7.20. The minimum atomic E-state index is 0.374. The Morgan fingerprint density at radius 3 is 2.72 bits per heavy atom. The fourth-order valence-electron chi connectivity index (χ4n) is 3.03. The molecule has 0 radical (unpaired) electrons. The van der Waals surface area contributed by atoms with E-state index in [4.69, 9.17) is 23.2 Å². The maximum absolute atomic E-state index is 6.34. The van der Waals surface area contributed by atoms with Crippen LogP contribution in [-0.4, -0.2) is 6.54 Å². The Balaban J connectivity index is 2.21. The Morgan fingerprint density at radius 1 is 1.44 bits per heavy atom. The molecule has 1 aliphatic rings. The molecule has 0 aromatic carbocycles. The van der Waals surface area contributed by atoms with Gasteiger partial charge in [0.05, 0.1) is 8.67 Å². The normalized spacial score (nSPS) is 25.6. The lowest BCUT2D eigenvalue weighted by molar-refractivity contribution is 0.302. The molecular formula is C14H21Cl2NS. The first-order chi connectivity index (χ1) is 8.63. The van der Waals surface area contributed by atoms with E-state index in [-0.39, 0.29) is 0 Å². The van der Waals surface area contributed by atoms with E-state index in [0.29, 0.717) is 12.0 Å². The van der Waals surface area contributed by atoms with Gasteiger partial charge < -0.3 is 5.32 Å². The van der Waals surface area contributed by atoms with Crippen LogP contribution in [0.5, 0.6) is 0 Å². The number of nitrogens with one attached hydrogen (secondary N) is 1. The summed E-state index contributed by atoms with van der Waals surface area (Å²) in [6.07, 6.45) is 5.12. The summed E-state index contributed by atoms with van der Waals surface area (Å²) in [5.74, 6) is 1.47. The second kappa shape index (κ2) is 6.60. The molecule has 102 valence electrons. The van der Waals surface area contributed by atoms with Gasteiger partial charge in [0, 0.05) is 11.6 Å². The van der Waals surface area contributed by atoms with Crippen LogP contribution in [0.3, 0.4) is 0 Å². The molecule has 1 heterocycles. The molecule has 0 bridgehead atoms. The Morgan fingerprint density at radius 2 is 2.22 bits per heavy atom. The molecule has 0 amide bonds. The summed E-state index contributed by atoms with van der Waals surface area (Å²) in [4.78, 5) is 0. The van der Waals surface area contributed by atoms with Crippen LogP contribution in [-0.2, 0) is 0 Å². The smallest absolute Gasteiger partial charge is 0.0992 e. The summed E-state index contributed by atoms with van der Waals surface area (Å²) in [5.41, 5.74) is 1.21. The van der Waals surface area contributed by atoms with Crippen molar-refractivity contribution in [1.29, 1.82) is 0 Å². The van der Waals surface area contributed by atoms with Crippen LogP contribution in [0.2, 0.25) is 8.67 Å². The molecule has 1 N–H and O–H groups in total. The molecular weight excluding hydrogens is 285 g/mol. The highest BCUT2D eigenvalue weighted by Crippen LogP contribution is 2.44. The molecule has 18 heavy (non-hydrogen) atoms. The second-order valence-corrected chi connectivity index (χ2v) is 7.57. The maximum Gasteiger partial charge on any atom is 0.0992 e.